The molecule has 2 N–H and O–H groups in total. The van der Waals surface area contributed by atoms with Gasteiger partial charge in [-0.2, -0.15) is 0 Å². The molecular weight excluding hydrogens is 342 g/mol. The maximum absolute atomic E-state index is 12.8. The van der Waals surface area contributed by atoms with E-state index in [4.69, 9.17) is 0 Å². The van der Waals surface area contributed by atoms with Crippen molar-refractivity contribution in [2.24, 2.45) is 0 Å². The number of nitrogens with one attached hydrogen (secondary N) is 2. The van der Waals surface area contributed by atoms with Gasteiger partial charge in [0.15, 0.2) is 5.78 Å². The Morgan fingerprint density at radius 3 is 2.30 bits per heavy atom. The average Bonchev–Trinajstić information content (AvgIpc) is 3.37. The van der Waals surface area contributed by atoms with E-state index < -0.39 is 0 Å². The summed E-state index contributed by atoms with van der Waals surface area (Å²) in [4.78, 5) is 41.2. The van der Waals surface area contributed by atoms with Crippen molar-refractivity contribution >= 4 is 17.6 Å². The van der Waals surface area contributed by atoms with E-state index in [0.717, 1.165) is 18.4 Å². The number of carbonyl (C=O) groups is 3. The van der Waals surface area contributed by atoms with Crippen molar-refractivity contribution in [2.75, 3.05) is 7.05 Å². The number of nitrogens with zero attached hydrogens (tertiary/aromatic N) is 1. The van der Waals surface area contributed by atoms with Gasteiger partial charge < -0.3 is 15.2 Å². The number of Topliss-reactive ketones (excluding diaryl/α,β-unsaturated/α-hetero) is 1. The molecule has 6 heteroatoms. The Bertz CT molecular complexity index is 892. The number of ketones is 1. The topological polar surface area (TPSA) is 82.3 Å². The third-order valence-corrected chi connectivity index (χ3v) is 4.90. The summed E-state index contributed by atoms with van der Waals surface area (Å²) in [7, 11) is 1.72. The highest BCUT2D eigenvalue weighted by atomic mass is 16.2. The number of amides is 2. The number of hydrogen-bond donors (Lipinski definition) is 2. The molecule has 0 spiro atoms. The lowest BCUT2D eigenvalue weighted by Gasteiger charge is -2.17. The fourth-order valence-electron chi connectivity index (χ4n) is 3.29. The molecule has 142 valence electrons. The lowest BCUT2D eigenvalue weighted by atomic mass is 10.1. The first kappa shape index (κ1) is 18.9. The number of carbonyl (C=O) groups excluding carboxylic acids is 3. The van der Waals surface area contributed by atoms with Crippen molar-refractivity contribution in [1.29, 1.82) is 0 Å². The summed E-state index contributed by atoms with van der Waals surface area (Å²) in [5.41, 5.74) is 3.98. The second-order valence-electron chi connectivity index (χ2n) is 7.29. The Kier molecular flexibility index (Phi) is 5.17. The summed E-state index contributed by atoms with van der Waals surface area (Å²) in [6, 6.07) is 7.61. The predicted octanol–water partition coefficient (Wildman–Crippen LogP) is 3.00. The van der Waals surface area contributed by atoms with Crippen molar-refractivity contribution in [2.45, 2.75) is 46.2 Å². The molecule has 0 radical (unpaired) electrons. The first-order chi connectivity index (χ1) is 12.8. The number of aromatic nitrogens is 1. The third kappa shape index (κ3) is 4.10. The summed E-state index contributed by atoms with van der Waals surface area (Å²) >= 11 is 0. The van der Waals surface area contributed by atoms with Gasteiger partial charge >= 0.3 is 0 Å². The quantitative estimate of drug-likeness (QED) is 0.770. The van der Waals surface area contributed by atoms with Crippen molar-refractivity contribution in [3.63, 3.8) is 0 Å². The highest BCUT2D eigenvalue weighted by Gasteiger charge is 2.24. The average molecular weight is 367 g/mol. The zero-order chi connectivity index (χ0) is 19.7. The number of aryl methyl sites for hydroxylation is 1. The molecule has 0 atom stereocenters. The van der Waals surface area contributed by atoms with Crippen molar-refractivity contribution < 1.29 is 14.4 Å². The molecule has 1 heterocycles. The van der Waals surface area contributed by atoms with Gasteiger partial charge in [0, 0.05) is 36.5 Å². The first-order valence-corrected chi connectivity index (χ1v) is 9.13. The highest BCUT2D eigenvalue weighted by molar-refractivity contribution is 6.02. The van der Waals surface area contributed by atoms with Gasteiger partial charge in [0.1, 0.15) is 5.69 Å². The van der Waals surface area contributed by atoms with Crippen LogP contribution < -0.4 is 5.32 Å². The molecule has 1 fully saturated rings. The van der Waals surface area contributed by atoms with Gasteiger partial charge in [-0.1, -0.05) is 12.1 Å². The second-order valence-corrected chi connectivity index (χ2v) is 7.29. The normalized spacial score (nSPS) is 13.3. The van der Waals surface area contributed by atoms with Crippen LogP contribution in [-0.2, 0) is 6.54 Å². The Morgan fingerprint density at radius 1 is 1.15 bits per heavy atom. The Balaban J connectivity index is 1.68. The minimum absolute atomic E-state index is 0.0528. The summed E-state index contributed by atoms with van der Waals surface area (Å²) in [6.07, 6.45) is 2.11. The molecule has 27 heavy (non-hydrogen) atoms. The van der Waals surface area contributed by atoms with Crippen LogP contribution in [0.3, 0.4) is 0 Å². The van der Waals surface area contributed by atoms with Crippen LogP contribution in [0.25, 0.3) is 0 Å². The molecule has 0 aliphatic heterocycles. The van der Waals surface area contributed by atoms with Crippen LogP contribution in [0.15, 0.2) is 24.3 Å². The van der Waals surface area contributed by atoms with E-state index in [-0.39, 0.29) is 17.6 Å². The molecule has 6 nitrogen and oxygen atoms in total. The van der Waals surface area contributed by atoms with Crippen LogP contribution in [0, 0.1) is 13.8 Å². The Labute approximate surface area is 159 Å². The van der Waals surface area contributed by atoms with Crippen LogP contribution in [0.1, 0.15) is 67.8 Å². The van der Waals surface area contributed by atoms with Gasteiger partial charge in [-0.15, -0.1) is 0 Å². The second kappa shape index (κ2) is 7.39. The SMILES string of the molecule is CC(=O)c1c(C)[nH]c(C(=O)N(C)Cc2ccc(C(=O)NC3CC3)cc2)c1C. The first-order valence-electron chi connectivity index (χ1n) is 9.13. The van der Waals surface area contributed by atoms with Gasteiger partial charge in [-0.05, 0) is 56.9 Å². The van der Waals surface area contributed by atoms with E-state index in [0.29, 0.717) is 40.7 Å². The predicted molar refractivity (Wildman–Crippen MR) is 103 cm³/mol. The lowest BCUT2D eigenvalue weighted by molar-refractivity contribution is 0.0778. The smallest absolute Gasteiger partial charge is 0.270 e. The van der Waals surface area contributed by atoms with Gasteiger partial charge in [0.05, 0.1) is 0 Å². The van der Waals surface area contributed by atoms with Crippen molar-refractivity contribution in [3.8, 4) is 0 Å². The van der Waals surface area contributed by atoms with E-state index in [9.17, 15) is 14.4 Å². The van der Waals surface area contributed by atoms with Gasteiger partial charge in [-0.3, -0.25) is 14.4 Å². The number of rotatable bonds is 6. The number of H-pyrrole nitrogens is 1. The molecular formula is C21H25N3O3. The summed E-state index contributed by atoms with van der Waals surface area (Å²) < 4.78 is 0. The van der Waals surface area contributed by atoms with E-state index in [1.807, 2.05) is 12.1 Å². The summed E-state index contributed by atoms with van der Waals surface area (Å²) in [5.74, 6) is -0.274. The molecule has 1 saturated carbocycles. The lowest BCUT2D eigenvalue weighted by Crippen LogP contribution is -2.27. The molecule has 0 bridgehead atoms. The van der Waals surface area contributed by atoms with Crippen LogP contribution in [0.5, 0.6) is 0 Å². The van der Waals surface area contributed by atoms with E-state index >= 15 is 0 Å². The van der Waals surface area contributed by atoms with Crippen molar-refractivity contribution in [1.82, 2.24) is 15.2 Å². The molecule has 3 rings (SSSR count). The number of aromatic amines is 1. The highest BCUT2D eigenvalue weighted by Crippen LogP contribution is 2.21. The molecule has 1 aromatic heterocycles. The molecule has 2 amide bonds. The van der Waals surface area contributed by atoms with Gasteiger partial charge in [0.25, 0.3) is 11.8 Å². The van der Waals surface area contributed by atoms with Crippen LogP contribution in [-0.4, -0.2) is 40.6 Å². The van der Waals surface area contributed by atoms with Crippen molar-refractivity contribution in [3.05, 3.63) is 57.9 Å². The molecule has 1 aliphatic rings. The van der Waals surface area contributed by atoms with Gasteiger partial charge in [-0.25, -0.2) is 0 Å². The molecule has 2 aromatic rings. The molecule has 1 aliphatic carbocycles. The minimum Gasteiger partial charge on any atom is -0.354 e. The summed E-state index contributed by atoms with van der Waals surface area (Å²) in [5, 5.41) is 2.96. The zero-order valence-corrected chi connectivity index (χ0v) is 16.2. The number of hydrogen-bond acceptors (Lipinski definition) is 3. The Morgan fingerprint density at radius 2 is 1.78 bits per heavy atom. The molecule has 1 aromatic carbocycles. The van der Waals surface area contributed by atoms with Gasteiger partial charge in [0.2, 0.25) is 0 Å². The fourth-order valence-corrected chi connectivity index (χ4v) is 3.29. The van der Waals surface area contributed by atoms with Crippen LogP contribution in [0.4, 0.5) is 0 Å². The van der Waals surface area contributed by atoms with E-state index in [1.165, 1.54) is 6.92 Å². The van der Waals surface area contributed by atoms with E-state index in [2.05, 4.69) is 10.3 Å². The van der Waals surface area contributed by atoms with Crippen LogP contribution in [0.2, 0.25) is 0 Å². The molecule has 0 saturated heterocycles. The fraction of sp³-hybridized carbons (Fsp3) is 0.381. The monoisotopic (exact) mass is 367 g/mol. The van der Waals surface area contributed by atoms with Crippen LogP contribution >= 0.6 is 0 Å². The largest absolute Gasteiger partial charge is 0.354 e. The minimum atomic E-state index is -0.168. The third-order valence-electron chi connectivity index (χ3n) is 4.90. The summed E-state index contributed by atoms with van der Waals surface area (Å²) in [6.45, 7) is 5.50. The molecule has 0 unspecified atom stereocenters. The number of benzene rings is 1. The van der Waals surface area contributed by atoms with E-state index in [1.54, 1.807) is 37.9 Å². The zero-order valence-electron chi connectivity index (χ0n) is 16.2. The maximum atomic E-state index is 12.8. The maximum Gasteiger partial charge on any atom is 0.270 e. The standard InChI is InChI=1S/C21H25N3O3/c1-12-18(14(3)25)13(2)22-19(12)21(27)24(4)11-15-5-7-16(8-6-15)20(26)23-17-9-10-17/h5-8,17,22H,9-11H2,1-4H3,(H,23,26). The Hall–Kier alpha value is -2.89.